The van der Waals surface area contributed by atoms with Crippen molar-refractivity contribution < 1.29 is 9.53 Å². The number of aromatic nitrogens is 4. The van der Waals surface area contributed by atoms with Gasteiger partial charge in [0.05, 0.1) is 28.9 Å². The Morgan fingerprint density at radius 1 is 1.17 bits per heavy atom. The molecule has 1 aromatic carbocycles. The number of nitrogens with zero attached hydrogens (tertiary/aromatic N) is 4. The molecule has 2 aliphatic rings. The van der Waals surface area contributed by atoms with Crippen LogP contribution in [-0.4, -0.2) is 44.1 Å². The zero-order chi connectivity index (χ0) is 24.7. The summed E-state index contributed by atoms with van der Waals surface area (Å²) in [4.78, 5) is 21.6. The molecule has 36 heavy (non-hydrogen) atoms. The molecule has 1 aliphatic heterocycles. The first kappa shape index (κ1) is 22.9. The second-order valence-electron chi connectivity index (χ2n) is 10.4. The average Bonchev–Trinajstić information content (AvgIpc) is 3.42. The lowest BCUT2D eigenvalue weighted by Gasteiger charge is -2.24. The van der Waals surface area contributed by atoms with E-state index in [0.717, 1.165) is 64.4 Å². The molecule has 0 amide bonds. The summed E-state index contributed by atoms with van der Waals surface area (Å²) in [5.74, 6) is 0.820. The molecule has 0 radical (unpaired) electrons. The number of Topliss-reactive ketones (excluding diaryl/α,β-unsaturated/α-hetero) is 1. The van der Waals surface area contributed by atoms with Crippen LogP contribution in [0.4, 0.5) is 5.69 Å². The minimum atomic E-state index is -0.188. The highest BCUT2D eigenvalue weighted by atomic mass is 16.5. The number of anilines is 1. The maximum atomic E-state index is 12.7. The number of hydrogen-bond donors (Lipinski definition) is 1. The molecule has 7 nitrogen and oxygen atoms in total. The summed E-state index contributed by atoms with van der Waals surface area (Å²) < 4.78 is 7.89. The van der Waals surface area contributed by atoms with E-state index in [9.17, 15) is 4.79 Å². The van der Waals surface area contributed by atoms with Crippen molar-refractivity contribution in [1.29, 1.82) is 0 Å². The Morgan fingerprint density at radius 2 is 2.00 bits per heavy atom. The summed E-state index contributed by atoms with van der Waals surface area (Å²) in [6, 6.07) is 12.0. The second kappa shape index (κ2) is 9.13. The van der Waals surface area contributed by atoms with Gasteiger partial charge in [0.15, 0.2) is 11.4 Å². The van der Waals surface area contributed by atoms with E-state index in [1.807, 2.05) is 48.0 Å². The van der Waals surface area contributed by atoms with Crippen molar-refractivity contribution in [3.63, 3.8) is 0 Å². The molecule has 1 N–H and O–H groups in total. The molecule has 1 unspecified atom stereocenters. The van der Waals surface area contributed by atoms with Gasteiger partial charge in [0, 0.05) is 48.7 Å². The number of imidazole rings is 1. The van der Waals surface area contributed by atoms with Crippen molar-refractivity contribution in [3.05, 3.63) is 66.1 Å². The third kappa shape index (κ3) is 4.51. The molecule has 7 heteroatoms. The number of ketones is 1. The minimum absolute atomic E-state index is 0.188. The van der Waals surface area contributed by atoms with Gasteiger partial charge in [0.2, 0.25) is 0 Å². The Labute approximate surface area is 210 Å². The van der Waals surface area contributed by atoms with Crippen molar-refractivity contribution in [3.8, 4) is 22.5 Å². The van der Waals surface area contributed by atoms with E-state index in [-0.39, 0.29) is 11.4 Å². The van der Waals surface area contributed by atoms with Crippen LogP contribution in [0.1, 0.15) is 54.9 Å². The van der Waals surface area contributed by atoms with Gasteiger partial charge in [-0.05, 0) is 75.3 Å². The Morgan fingerprint density at radius 3 is 2.72 bits per heavy atom. The Kier molecular flexibility index (Phi) is 5.80. The Hall–Kier alpha value is -3.58. The zero-order valence-electron chi connectivity index (χ0n) is 20.8. The molecule has 0 spiro atoms. The normalized spacial score (nSPS) is 19.6. The number of fused-ring (bicyclic) bond motifs is 1. The van der Waals surface area contributed by atoms with E-state index in [2.05, 4.69) is 23.3 Å². The SMILES string of the molecule is Cc1cc(-c2cnc3c(NCC4(C)CCCO4)cc(-c4ccncc4)nn23)ccc1C(=O)CC1CC1. The van der Waals surface area contributed by atoms with Gasteiger partial charge in [-0.2, -0.15) is 5.10 Å². The van der Waals surface area contributed by atoms with Gasteiger partial charge in [-0.3, -0.25) is 9.78 Å². The van der Waals surface area contributed by atoms with Crippen molar-refractivity contribution in [2.45, 2.75) is 51.6 Å². The lowest BCUT2D eigenvalue weighted by molar-refractivity contribution is 0.0315. The van der Waals surface area contributed by atoms with E-state index < -0.39 is 0 Å². The van der Waals surface area contributed by atoms with Crippen LogP contribution in [0.2, 0.25) is 0 Å². The molecule has 4 heterocycles. The highest BCUT2D eigenvalue weighted by Crippen LogP contribution is 2.35. The highest BCUT2D eigenvalue weighted by Gasteiger charge is 2.30. The first-order chi connectivity index (χ1) is 17.5. The Balaban J connectivity index is 1.39. The van der Waals surface area contributed by atoms with Gasteiger partial charge in [-0.1, -0.05) is 12.1 Å². The fourth-order valence-corrected chi connectivity index (χ4v) is 5.05. The molecule has 1 aliphatic carbocycles. The molecular weight excluding hydrogens is 450 g/mol. The molecule has 4 aromatic rings. The van der Waals surface area contributed by atoms with Crippen LogP contribution in [0.15, 0.2) is 55.0 Å². The summed E-state index contributed by atoms with van der Waals surface area (Å²) in [6.45, 7) is 5.67. The molecule has 184 valence electrons. The molecule has 2 fully saturated rings. The fraction of sp³-hybridized carbons (Fsp3) is 0.379. The topological polar surface area (TPSA) is 81.4 Å². The molecule has 3 aromatic heterocycles. The number of aryl methyl sites for hydroxylation is 1. The lowest BCUT2D eigenvalue weighted by atomic mass is 9.98. The fourth-order valence-electron chi connectivity index (χ4n) is 5.05. The zero-order valence-corrected chi connectivity index (χ0v) is 20.8. The summed E-state index contributed by atoms with van der Waals surface area (Å²) in [7, 11) is 0. The van der Waals surface area contributed by atoms with Gasteiger partial charge in [-0.15, -0.1) is 0 Å². The standard InChI is InChI=1S/C29H31N5O2/c1-19-14-22(6-7-23(19)27(35)15-20-4-5-20)26-17-31-28-25(32-18-29(2)10-3-13-36-29)16-24(33-34(26)28)21-8-11-30-12-9-21/h6-9,11-12,14,16-17,20,32H,3-5,10,13,15,18H2,1-2H3. The highest BCUT2D eigenvalue weighted by molar-refractivity contribution is 5.98. The van der Waals surface area contributed by atoms with Gasteiger partial charge < -0.3 is 10.1 Å². The van der Waals surface area contributed by atoms with Crippen LogP contribution >= 0.6 is 0 Å². The number of rotatable bonds is 8. The summed E-state index contributed by atoms with van der Waals surface area (Å²) in [5, 5.41) is 8.56. The monoisotopic (exact) mass is 481 g/mol. The van der Waals surface area contributed by atoms with Crippen LogP contribution in [0, 0.1) is 12.8 Å². The summed E-state index contributed by atoms with van der Waals surface area (Å²) >= 11 is 0. The number of pyridine rings is 1. The van der Waals surface area contributed by atoms with E-state index in [0.29, 0.717) is 18.9 Å². The first-order valence-electron chi connectivity index (χ1n) is 12.8. The first-order valence-corrected chi connectivity index (χ1v) is 12.8. The van der Waals surface area contributed by atoms with Crippen molar-refractivity contribution >= 4 is 17.1 Å². The van der Waals surface area contributed by atoms with Crippen LogP contribution in [0.3, 0.4) is 0 Å². The van der Waals surface area contributed by atoms with Crippen molar-refractivity contribution in [2.75, 3.05) is 18.5 Å². The molecule has 1 saturated heterocycles. The number of nitrogens with one attached hydrogen (secondary N) is 1. The van der Waals surface area contributed by atoms with Gasteiger partial charge in [0.1, 0.15) is 0 Å². The van der Waals surface area contributed by atoms with Crippen molar-refractivity contribution in [2.24, 2.45) is 5.92 Å². The minimum Gasteiger partial charge on any atom is -0.379 e. The molecule has 0 bridgehead atoms. The molecule has 1 saturated carbocycles. The Bertz CT molecular complexity index is 1420. The smallest absolute Gasteiger partial charge is 0.177 e. The van der Waals surface area contributed by atoms with E-state index in [1.165, 1.54) is 12.8 Å². The van der Waals surface area contributed by atoms with E-state index >= 15 is 0 Å². The van der Waals surface area contributed by atoms with Gasteiger partial charge in [0.25, 0.3) is 0 Å². The van der Waals surface area contributed by atoms with Crippen LogP contribution in [-0.2, 0) is 4.74 Å². The number of carbonyl (C=O) groups is 1. The second-order valence-corrected chi connectivity index (χ2v) is 10.4. The van der Waals surface area contributed by atoms with Crippen LogP contribution < -0.4 is 5.32 Å². The molecule has 6 rings (SSSR count). The van der Waals surface area contributed by atoms with Crippen LogP contribution in [0.5, 0.6) is 0 Å². The lowest BCUT2D eigenvalue weighted by Crippen LogP contribution is -2.32. The molecular formula is C29H31N5O2. The predicted molar refractivity (Wildman–Crippen MR) is 140 cm³/mol. The van der Waals surface area contributed by atoms with Crippen molar-refractivity contribution in [1.82, 2.24) is 19.6 Å². The summed E-state index contributed by atoms with van der Waals surface area (Å²) in [6.07, 6.45) is 10.5. The quantitative estimate of drug-likeness (QED) is 0.324. The summed E-state index contributed by atoms with van der Waals surface area (Å²) in [5.41, 5.74) is 6.97. The average molecular weight is 482 g/mol. The number of carbonyl (C=O) groups excluding carboxylic acids is 1. The maximum Gasteiger partial charge on any atom is 0.177 e. The number of benzene rings is 1. The van der Waals surface area contributed by atoms with E-state index in [1.54, 1.807) is 12.4 Å². The third-order valence-corrected chi connectivity index (χ3v) is 7.39. The number of hydrogen-bond acceptors (Lipinski definition) is 6. The predicted octanol–water partition coefficient (Wildman–Crippen LogP) is 5.73. The number of ether oxygens (including phenoxy) is 1. The third-order valence-electron chi connectivity index (χ3n) is 7.39. The van der Waals surface area contributed by atoms with Gasteiger partial charge >= 0.3 is 0 Å². The van der Waals surface area contributed by atoms with E-state index in [4.69, 9.17) is 14.8 Å². The molecule has 1 atom stereocenters. The largest absolute Gasteiger partial charge is 0.379 e. The maximum absolute atomic E-state index is 12.7. The van der Waals surface area contributed by atoms with Gasteiger partial charge in [-0.25, -0.2) is 9.50 Å². The van der Waals surface area contributed by atoms with Crippen LogP contribution in [0.25, 0.3) is 28.2 Å².